The number of hydrogen-bond acceptors (Lipinski definition) is 3. The first-order chi connectivity index (χ1) is 10.9. The van der Waals surface area contributed by atoms with Crippen molar-refractivity contribution in [3.05, 3.63) is 35.4 Å². The Labute approximate surface area is 138 Å². The first-order valence-corrected chi connectivity index (χ1v) is 8.17. The molecule has 2 rings (SSSR count). The molecule has 0 bridgehead atoms. The van der Waals surface area contributed by atoms with Crippen LogP contribution in [0.5, 0.6) is 0 Å². The molecule has 0 radical (unpaired) electrons. The number of rotatable bonds is 7. The molecule has 126 valence electrons. The van der Waals surface area contributed by atoms with Crippen LogP contribution in [0.1, 0.15) is 30.9 Å². The van der Waals surface area contributed by atoms with E-state index in [4.69, 9.17) is 0 Å². The van der Waals surface area contributed by atoms with E-state index in [0.29, 0.717) is 12.6 Å². The summed E-state index contributed by atoms with van der Waals surface area (Å²) in [5, 5.41) is 2.91. The van der Waals surface area contributed by atoms with E-state index in [1.807, 2.05) is 18.9 Å². The highest BCUT2D eigenvalue weighted by Crippen LogP contribution is 2.18. The molecule has 1 N–H and O–H groups in total. The third-order valence-electron chi connectivity index (χ3n) is 4.27. The summed E-state index contributed by atoms with van der Waals surface area (Å²) in [4.78, 5) is 27.8. The quantitative estimate of drug-likeness (QED) is 0.830. The summed E-state index contributed by atoms with van der Waals surface area (Å²) >= 11 is 0. The van der Waals surface area contributed by atoms with Crippen molar-refractivity contribution in [3.63, 3.8) is 0 Å². The van der Waals surface area contributed by atoms with Crippen LogP contribution < -0.4 is 5.32 Å². The van der Waals surface area contributed by atoms with Crippen LogP contribution in [-0.2, 0) is 16.1 Å². The molecule has 1 saturated carbocycles. The van der Waals surface area contributed by atoms with Gasteiger partial charge in [-0.3, -0.25) is 14.5 Å². The standard InChI is InChI=1S/C18H27N3O2/c1-13-5-7-15(8-6-13)11-20(3)14(2)18(23)21(4)12-17(22)19-16-9-10-16/h5-8,14,16H,9-12H2,1-4H3,(H,19,22). The number of likely N-dealkylation sites (N-methyl/N-ethyl adjacent to an activating group) is 2. The predicted octanol–water partition coefficient (Wildman–Crippen LogP) is 1.55. The van der Waals surface area contributed by atoms with Crippen molar-refractivity contribution in [3.8, 4) is 0 Å². The highest BCUT2D eigenvalue weighted by Gasteiger charge is 2.26. The zero-order valence-corrected chi connectivity index (χ0v) is 14.5. The van der Waals surface area contributed by atoms with Crippen LogP contribution in [-0.4, -0.2) is 54.3 Å². The zero-order chi connectivity index (χ0) is 17.0. The summed E-state index contributed by atoms with van der Waals surface area (Å²) in [7, 11) is 3.62. The van der Waals surface area contributed by atoms with Gasteiger partial charge >= 0.3 is 0 Å². The highest BCUT2D eigenvalue weighted by molar-refractivity contribution is 5.87. The third-order valence-corrected chi connectivity index (χ3v) is 4.27. The van der Waals surface area contributed by atoms with Crippen LogP contribution >= 0.6 is 0 Å². The molecular weight excluding hydrogens is 290 g/mol. The van der Waals surface area contributed by atoms with E-state index in [1.54, 1.807) is 7.05 Å². The Morgan fingerprint density at radius 1 is 1.22 bits per heavy atom. The van der Waals surface area contributed by atoms with E-state index in [-0.39, 0.29) is 24.4 Å². The van der Waals surface area contributed by atoms with Crippen LogP contribution in [0.25, 0.3) is 0 Å². The monoisotopic (exact) mass is 317 g/mol. The lowest BCUT2D eigenvalue weighted by Crippen LogP contribution is -2.47. The van der Waals surface area contributed by atoms with Gasteiger partial charge in [0, 0.05) is 19.6 Å². The largest absolute Gasteiger partial charge is 0.352 e. The lowest BCUT2D eigenvalue weighted by molar-refractivity contribution is -0.138. The number of nitrogens with one attached hydrogen (secondary N) is 1. The Kier molecular flexibility index (Phi) is 5.77. The van der Waals surface area contributed by atoms with Crippen LogP contribution in [0.2, 0.25) is 0 Å². The van der Waals surface area contributed by atoms with Crippen LogP contribution in [0.4, 0.5) is 0 Å². The SMILES string of the molecule is Cc1ccc(CN(C)C(C)C(=O)N(C)CC(=O)NC2CC2)cc1. The van der Waals surface area contributed by atoms with Gasteiger partial charge in [-0.2, -0.15) is 0 Å². The molecule has 1 aromatic rings. The van der Waals surface area contributed by atoms with Gasteiger partial charge in [0.15, 0.2) is 0 Å². The number of nitrogens with zero attached hydrogens (tertiary/aromatic N) is 2. The number of carbonyl (C=O) groups excluding carboxylic acids is 2. The number of hydrogen-bond donors (Lipinski definition) is 1. The molecule has 1 atom stereocenters. The molecule has 0 aliphatic heterocycles. The second-order valence-corrected chi connectivity index (χ2v) is 6.61. The topological polar surface area (TPSA) is 52.7 Å². The zero-order valence-electron chi connectivity index (χ0n) is 14.5. The summed E-state index contributed by atoms with van der Waals surface area (Å²) in [6, 6.07) is 8.36. The molecule has 5 heteroatoms. The Morgan fingerprint density at radius 2 is 1.83 bits per heavy atom. The summed E-state index contributed by atoms with van der Waals surface area (Å²) < 4.78 is 0. The first-order valence-electron chi connectivity index (χ1n) is 8.17. The van der Waals surface area contributed by atoms with Crippen molar-refractivity contribution < 1.29 is 9.59 Å². The van der Waals surface area contributed by atoms with Crippen LogP contribution in [0.3, 0.4) is 0 Å². The molecule has 2 amide bonds. The minimum Gasteiger partial charge on any atom is -0.352 e. The van der Waals surface area contributed by atoms with Gasteiger partial charge < -0.3 is 10.2 Å². The van der Waals surface area contributed by atoms with Gasteiger partial charge in [0.05, 0.1) is 12.6 Å². The van der Waals surface area contributed by atoms with E-state index in [9.17, 15) is 9.59 Å². The fraction of sp³-hybridized carbons (Fsp3) is 0.556. The molecule has 1 aliphatic rings. The van der Waals surface area contributed by atoms with Gasteiger partial charge in [0.25, 0.3) is 0 Å². The molecule has 0 spiro atoms. The fourth-order valence-corrected chi connectivity index (χ4v) is 2.42. The van der Waals surface area contributed by atoms with E-state index in [1.165, 1.54) is 16.0 Å². The lowest BCUT2D eigenvalue weighted by atomic mass is 10.1. The second-order valence-electron chi connectivity index (χ2n) is 6.61. The maximum Gasteiger partial charge on any atom is 0.239 e. The van der Waals surface area contributed by atoms with Gasteiger partial charge in [-0.15, -0.1) is 0 Å². The minimum atomic E-state index is -0.268. The van der Waals surface area contributed by atoms with Crippen molar-refractivity contribution in [2.45, 2.75) is 45.3 Å². The summed E-state index contributed by atoms with van der Waals surface area (Å²) in [6.07, 6.45) is 2.11. The molecule has 1 aliphatic carbocycles. The van der Waals surface area contributed by atoms with Crippen LogP contribution in [0.15, 0.2) is 24.3 Å². The number of amides is 2. The van der Waals surface area contributed by atoms with Crippen molar-refractivity contribution >= 4 is 11.8 Å². The summed E-state index contributed by atoms with van der Waals surface area (Å²) in [6.45, 7) is 4.76. The highest BCUT2D eigenvalue weighted by atomic mass is 16.2. The first kappa shape index (κ1) is 17.5. The van der Waals surface area contributed by atoms with Gasteiger partial charge in [-0.05, 0) is 39.3 Å². The van der Waals surface area contributed by atoms with Crippen molar-refractivity contribution in [2.24, 2.45) is 0 Å². The lowest BCUT2D eigenvalue weighted by Gasteiger charge is -2.28. The Bertz CT molecular complexity index is 552. The van der Waals surface area contributed by atoms with E-state index >= 15 is 0 Å². The Morgan fingerprint density at radius 3 is 2.39 bits per heavy atom. The molecule has 0 heterocycles. The van der Waals surface area contributed by atoms with Gasteiger partial charge in [0.1, 0.15) is 0 Å². The maximum absolute atomic E-state index is 12.5. The maximum atomic E-state index is 12.5. The molecule has 1 unspecified atom stereocenters. The van der Waals surface area contributed by atoms with E-state index < -0.39 is 0 Å². The molecule has 0 aromatic heterocycles. The third kappa shape index (κ3) is 5.36. The molecule has 0 saturated heterocycles. The average molecular weight is 317 g/mol. The minimum absolute atomic E-state index is 0.0365. The molecule has 1 fully saturated rings. The predicted molar refractivity (Wildman–Crippen MR) is 90.9 cm³/mol. The molecular formula is C18H27N3O2. The average Bonchev–Trinajstić information content (AvgIpc) is 3.31. The van der Waals surface area contributed by atoms with E-state index in [2.05, 4.69) is 36.5 Å². The Hall–Kier alpha value is -1.88. The number of benzene rings is 1. The smallest absolute Gasteiger partial charge is 0.239 e. The van der Waals surface area contributed by atoms with Gasteiger partial charge in [-0.1, -0.05) is 29.8 Å². The molecule has 5 nitrogen and oxygen atoms in total. The van der Waals surface area contributed by atoms with Gasteiger partial charge in [-0.25, -0.2) is 0 Å². The van der Waals surface area contributed by atoms with Crippen molar-refractivity contribution in [1.29, 1.82) is 0 Å². The normalized spacial score (nSPS) is 15.3. The molecule has 1 aromatic carbocycles. The fourth-order valence-electron chi connectivity index (χ4n) is 2.42. The van der Waals surface area contributed by atoms with Crippen molar-refractivity contribution in [1.82, 2.24) is 15.1 Å². The second kappa shape index (κ2) is 7.59. The van der Waals surface area contributed by atoms with E-state index in [0.717, 1.165) is 12.8 Å². The Balaban J connectivity index is 1.84. The summed E-state index contributed by atoms with van der Waals surface area (Å²) in [5.74, 6) is -0.109. The number of aryl methyl sites for hydroxylation is 1. The summed E-state index contributed by atoms with van der Waals surface area (Å²) in [5.41, 5.74) is 2.40. The van der Waals surface area contributed by atoms with Gasteiger partial charge in [0.2, 0.25) is 11.8 Å². The van der Waals surface area contributed by atoms with Crippen molar-refractivity contribution in [2.75, 3.05) is 20.6 Å². The van der Waals surface area contributed by atoms with Crippen LogP contribution in [0, 0.1) is 6.92 Å². The molecule has 23 heavy (non-hydrogen) atoms. The number of carbonyl (C=O) groups is 2.